The fourth-order valence-corrected chi connectivity index (χ4v) is 2.05. The Morgan fingerprint density at radius 3 is 2.26 bits per heavy atom. The maximum absolute atomic E-state index is 11.8. The monoisotopic (exact) mass is 352 g/mol. The molecule has 0 heterocycles. The van der Waals surface area contributed by atoms with E-state index in [4.69, 9.17) is 19.3 Å². The number of carbonyl (C=O) groups is 2. The second kappa shape index (κ2) is 11.3. The van der Waals surface area contributed by atoms with Crippen LogP contribution in [0.15, 0.2) is 12.2 Å². The van der Waals surface area contributed by atoms with Gasteiger partial charge in [0.05, 0.1) is 12.5 Å². The maximum Gasteiger partial charge on any atom is 0.469 e. The molecule has 0 amide bonds. The topological polar surface area (TPSA) is 119 Å². The van der Waals surface area contributed by atoms with Gasteiger partial charge in [0.25, 0.3) is 0 Å². The SMILES string of the molecule is C=C(C)C(=O)OCCOC(=O)C(CC)CCCCOP(=O)(O)O. The normalized spacial score (nSPS) is 12.5. The minimum atomic E-state index is -4.43. The first kappa shape index (κ1) is 21.8. The van der Waals surface area contributed by atoms with E-state index in [1.807, 2.05) is 6.92 Å². The molecule has 0 aromatic heterocycles. The van der Waals surface area contributed by atoms with Gasteiger partial charge < -0.3 is 19.3 Å². The number of carbonyl (C=O) groups excluding carboxylic acids is 2. The first-order chi connectivity index (χ1) is 10.7. The summed E-state index contributed by atoms with van der Waals surface area (Å²) in [6.07, 6.45) is 2.14. The average Bonchev–Trinajstić information content (AvgIpc) is 2.45. The van der Waals surface area contributed by atoms with Gasteiger partial charge in [0, 0.05) is 5.57 Å². The van der Waals surface area contributed by atoms with E-state index in [0.29, 0.717) is 25.7 Å². The molecule has 2 N–H and O–H groups in total. The van der Waals surface area contributed by atoms with Gasteiger partial charge in [-0.1, -0.05) is 19.9 Å². The van der Waals surface area contributed by atoms with E-state index >= 15 is 0 Å². The Kier molecular flexibility index (Phi) is 10.7. The van der Waals surface area contributed by atoms with Gasteiger partial charge in [-0.05, 0) is 26.2 Å². The van der Waals surface area contributed by atoms with Crippen molar-refractivity contribution < 1.29 is 37.9 Å². The van der Waals surface area contributed by atoms with Crippen molar-refractivity contribution in [3.63, 3.8) is 0 Å². The van der Waals surface area contributed by atoms with Crippen molar-refractivity contribution in [2.24, 2.45) is 5.92 Å². The molecule has 0 saturated carbocycles. The zero-order valence-electron chi connectivity index (χ0n) is 13.5. The Bertz CT molecular complexity index is 442. The van der Waals surface area contributed by atoms with Gasteiger partial charge in [0.2, 0.25) is 0 Å². The fourth-order valence-electron chi connectivity index (χ4n) is 1.68. The molecule has 0 spiro atoms. The quantitative estimate of drug-likeness (QED) is 0.237. The Morgan fingerprint density at radius 2 is 1.74 bits per heavy atom. The van der Waals surface area contributed by atoms with Crippen LogP contribution in [-0.4, -0.2) is 41.5 Å². The van der Waals surface area contributed by atoms with Crippen molar-refractivity contribution in [1.29, 1.82) is 0 Å². The number of unbranched alkanes of at least 4 members (excludes halogenated alkanes) is 1. The summed E-state index contributed by atoms with van der Waals surface area (Å²) in [5, 5.41) is 0. The summed E-state index contributed by atoms with van der Waals surface area (Å²) in [7, 11) is -4.43. The molecule has 0 bridgehead atoms. The van der Waals surface area contributed by atoms with E-state index in [1.54, 1.807) is 0 Å². The summed E-state index contributed by atoms with van der Waals surface area (Å²) in [6, 6.07) is 0. The minimum absolute atomic E-state index is 0.0182. The van der Waals surface area contributed by atoms with Crippen LogP contribution in [0.3, 0.4) is 0 Å². The molecule has 0 saturated heterocycles. The number of phosphoric acid groups is 1. The molecule has 0 aliphatic rings. The molecule has 0 fully saturated rings. The van der Waals surface area contributed by atoms with Crippen LogP contribution >= 0.6 is 7.82 Å². The molecular formula is C14H25O8P. The highest BCUT2D eigenvalue weighted by atomic mass is 31.2. The van der Waals surface area contributed by atoms with E-state index in [-0.39, 0.29) is 37.3 Å². The molecule has 0 radical (unpaired) electrons. The van der Waals surface area contributed by atoms with Crippen LogP contribution in [0.5, 0.6) is 0 Å². The van der Waals surface area contributed by atoms with Crippen LogP contribution in [0.1, 0.15) is 39.5 Å². The highest BCUT2D eigenvalue weighted by Gasteiger charge is 2.18. The second-order valence-corrected chi connectivity index (χ2v) is 6.25. The lowest BCUT2D eigenvalue weighted by Crippen LogP contribution is -2.20. The number of ether oxygens (including phenoxy) is 2. The lowest BCUT2D eigenvalue weighted by atomic mass is 9.99. The van der Waals surface area contributed by atoms with Crippen molar-refractivity contribution >= 4 is 19.8 Å². The van der Waals surface area contributed by atoms with Gasteiger partial charge in [-0.2, -0.15) is 0 Å². The van der Waals surface area contributed by atoms with Crippen LogP contribution in [0.4, 0.5) is 0 Å². The summed E-state index contributed by atoms with van der Waals surface area (Å²) in [5.41, 5.74) is 0.278. The molecule has 1 atom stereocenters. The lowest BCUT2D eigenvalue weighted by molar-refractivity contribution is -0.154. The molecule has 0 aliphatic carbocycles. The van der Waals surface area contributed by atoms with Crippen molar-refractivity contribution in [1.82, 2.24) is 0 Å². The predicted octanol–water partition coefficient (Wildman–Crippen LogP) is 1.95. The number of esters is 2. The van der Waals surface area contributed by atoms with Crippen LogP contribution < -0.4 is 0 Å². The summed E-state index contributed by atoms with van der Waals surface area (Å²) in [6.45, 7) is 6.70. The van der Waals surface area contributed by atoms with E-state index in [9.17, 15) is 14.2 Å². The summed E-state index contributed by atoms with van der Waals surface area (Å²) < 4.78 is 24.6. The Morgan fingerprint density at radius 1 is 1.13 bits per heavy atom. The number of phosphoric ester groups is 1. The van der Waals surface area contributed by atoms with E-state index < -0.39 is 13.8 Å². The zero-order valence-corrected chi connectivity index (χ0v) is 14.4. The fraction of sp³-hybridized carbons (Fsp3) is 0.714. The standard InChI is InChI=1S/C14H25O8P/c1-4-12(7-5-6-8-22-23(17,18)19)14(16)21-10-9-20-13(15)11(2)3/h12H,2,4-10H2,1,3H3,(H2,17,18,19). The molecule has 8 nitrogen and oxygen atoms in total. The molecule has 0 rings (SSSR count). The molecule has 1 unspecified atom stereocenters. The first-order valence-corrected chi connectivity index (χ1v) is 8.89. The zero-order chi connectivity index (χ0) is 17.9. The summed E-state index contributed by atoms with van der Waals surface area (Å²) in [5.74, 6) is -1.21. The highest BCUT2D eigenvalue weighted by molar-refractivity contribution is 7.46. The first-order valence-electron chi connectivity index (χ1n) is 7.36. The Hall–Kier alpha value is -1.21. The van der Waals surface area contributed by atoms with Crippen molar-refractivity contribution in [3.05, 3.63) is 12.2 Å². The van der Waals surface area contributed by atoms with Crippen molar-refractivity contribution in [2.45, 2.75) is 39.5 Å². The second-order valence-electron chi connectivity index (χ2n) is 5.01. The van der Waals surface area contributed by atoms with Crippen LogP contribution in [0.25, 0.3) is 0 Å². The van der Waals surface area contributed by atoms with Crippen LogP contribution in [0, 0.1) is 5.92 Å². The van der Waals surface area contributed by atoms with Crippen LogP contribution in [0.2, 0.25) is 0 Å². The number of hydrogen-bond acceptors (Lipinski definition) is 6. The molecular weight excluding hydrogens is 327 g/mol. The van der Waals surface area contributed by atoms with Crippen molar-refractivity contribution in [2.75, 3.05) is 19.8 Å². The molecule has 0 aromatic rings. The maximum atomic E-state index is 11.8. The molecule has 23 heavy (non-hydrogen) atoms. The molecule has 134 valence electrons. The third-order valence-corrected chi connectivity index (χ3v) is 3.46. The summed E-state index contributed by atoms with van der Waals surface area (Å²) >= 11 is 0. The van der Waals surface area contributed by atoms with Gasteiger partial charge >= 0.3 is 19.8 Å². The molecule has 0 aliphatic heterocycles. The van der Waals surface area contributed by atoms with Gasteiger partial charge in [0.15, 0.2) is 0 Å². The summed E-state index contributed by atoms with van der Waals surface area (Å²) in [4.78, 5) is 40.0. The molecule has 9 heteroatoms. The van der Waals surface area contributed by atoms with Gasteiger partial charge in [-0.3, -0.25) is 9.32 Å². The highest BCUT2D eigenvalue weighted by Crippen LogP contribution is 2.35. The largest absolute Gasteiger partial charge is 0.469 e. The number of hydrogen-bond donors (Lipinski definition) is 2. The number of rotatable bonds is 12. The lowest BCUT2D eigenvalue weighted by Gasteiger charge is -2.14. The van der Waals surface area contributed by atoms with E-state index in [1.165, 1.54) is 6.92 Å². The average molecular weight is 352 g/mol. The predicted molar refractivity (Wildman–Crippen MR) is 82.4 cm³/mol. The smallest absolute Gasteiger partial charge is 0.462 e. The minimum Gasteiger partial charge on any atom is -0.462 e. The Labute approximate surface area is 136 Å². The van der Waals surface area contributed by atoms with Crippen LogP contribution in [-0.2, 0) is 28.2 Å². The van der Waals surface area contributed by atoms with Gasteiger partial charge in [-0.15, -0.1) is 0 Å². The third-order valence-electron chi connectivity index (χ3n) is 2.94. The molecule has 0 aromatic carbocycles. The van der Waals surface area contributed by atoms with E-state index in [0.717, 1.165) is 0 Å². The van der Waals surface area contributed by atoms with Gasteiger partial charge in [0.1, 0.15) is 13.2 Å². The van der Waals surface area contributed by atoms with Crippen molar-refractivity contribution in [3.8, 4) is 0 Å². The van der Waals surface area contributed by atoms with Gasteiger partial charge in [-0.25, -0.2) is 9.36 Å². The van der Waals surface area contributed by atoms with E-state index in [2.05, 4.69) is 11.1 Å². The third kappa shape index (κ3) is 11.9. The Balaban J connectivity index is 3.88.